The SMILES string of the molecule is COC(=O)c1cc(C(=O)c2c(CN)cc3ccccn23)ccc1N. The summed E-state index contributed by atoms with van der Waals surface area (Å²) in [4.78, 5) is 24.8. The topological polar surface area (TPSA) is 99.8 Å². The van der Waals surface area contributed by atoms with E-state index in [0.717, 1.165) is 11.1 Å². The van der Waals surface area contributed by atoms with Crippen molar-refractivity contribution in [3.63, 3.8) is 0 Å². The Kier molecular flexibility index (Phi) is 4.05. The van der Waals surface area contributed by atoms with Crippen LogP contribution in [0.5, 0.6) is 0 Å². The van der Waals surface area contributed by atoms with Gasteiger partial charge < -0.3 is 20.6 Å². The number of methoxy groups -OCH3 is 1. The van der Waals surface area contributed by atoms with E-state index in [2.05, 4.69) is 0 Å². The van der Waals surface area contributed by atoms with Crippen LogP contribution in [0.2, 0.25) is 0 Å². The fourth-order valence-electron chi connectivity index (χ4n) is 2.71. The summed E-state index contributed by atoms with van der Waals surface area (Å²) < 4.78 is 6.49. The molecule has 0 bridgehead atoms. The Morgan fingerprint density at radius 2 is 1.96 bits per heavy atom. The van der Waals surface area contributed by atoms with Gasteiger partial charge in [-0.05, 0) is 42.0 Å². The molecule has 0 atom stereocenters. The Morgan fingerprint density at radius 1 is 1.17 bits per heavy atom. The molecule has 6 nitrogen and oxygen atoms in total. The fraction of sp³-hybridized carbons (Fsp3) is 0.111. The Hall–Kier alpha value is -3.12. The highest BCUT2D eigenvalue weighted by Crippen LogP contribution is 2.22. The minimum atomic E-state index is -0.582. The van der Waals surface area contributed by atoms with Crippen LogP contribution in [0.1, 0.15) is 32.0 Å². The van der Waals surface area contributed by atoms with Gasteiger partial charge in [0.25, 0.3) is 0 Å². The Bertz CT molecular complexity index is 944. The van der Waals surface area contributed by atoms with Crippen molar-refractivity contribution in [2.24, 2.45) is 5.73 Å². The van der Waals surface area contributed by atoms with Gasteiger partial charge in [0.2, 0.25) is 5.78 Å². The van der Waals surface area contributed by atoms with Crippen LogP contribution in [0.4, 0.5) is 5.69 Å². The molecule has 6 heteroatoms. The third kappa shape index (κ3) is 2.53. The van der Waals surface area contributed by atoms with Gasteiger partial charge in [0, 0.05) is 29.5 Å². The second-order valence-electron chi connectivity index (χ2n) is 5.34. The number of rotatable bonds is 4. The molecule has 24 heavy (non-hydrogen) atoms. The lowest BCUT2D eigenvalue weighted by atomic mass is 10.0. The third-order valence-corrected chi connectivity index (χ3v) is 3.91. The number of ketones is 1. The molecule has 0 unspecified atom stereocenters. The number of hydrogen-bond donors (Lipinski definition) is 2. The predicted octanol–water partition coefficient (Wildman–Crippen LogP) is 2.00. The highest BCUT2D eigenvalue weighted by molar-refractivity contribution is 6.11. The van der Waals surface area contributed by atoms with E-state index in [1.165, 1.54) is 19.2 Å². The van der Waals surface area contributed by atoms with Crippen molar-refractivity contribution in [2.75, 3.05) is 12.8 Å². The van der Waals surface area contributed by atoms with Gasteiger partial charge in [-0.3, -0.25) is 4.79 Å². The van der Waals surface area contributed by atoms with E-state index in [9.17, 15) is 9.59 Å². The number of nitrogens with zero attached hydrogens (tertiary/aromatic N) is 1. The molecule has 0 saturated carbocycles. The van der Waals surface area contributed by atoms with Crippen LogP contribution in [0.3, 0.4) is 0 Å². The van der Waals surface area contributed by atoms with E-state index in [1.54, 1.807) is 16.7 Å². The van der Waals surface area contributed by atoms with Crippen LogP contribution >= 0.6 is 0 Å². The molecule has 0 spiro atoms. The number of carbonyl (C=O) groups excluding carboxylic acids is 2. The molecule has 4 N–H and O–H groups in total. The largest absolute Gasteiger partial charge is 0.465 e. The molecule has 0 aliphatic heterocycles. The van der Waals surface area contributed by atoms with Crippen molar-refractivity contribution < 1.29 is 14.3 Å². The van der Waals surface area contributed by atoms with Gasteiger partial charge in [-0.1, -0.05) is 6.07 Å². The first-order chi connectivity index (χ1) is 11.6. The summed E-state index contributed by atoms with van der Waals surface area (Å²) in [6.07, 6.45) is 1.81. The smallest absolute Gasteiger partial charge is 0.339 e. The number of pyridine rings is 1. The van der Waals surface area contributed by atoms with Crippen molar-refractivity contribution in [3.8, 4) is 0 Å². The standard InChI is InChI=1S/C18H17N3O3/c1-24-18(23)14-9-11(5-6-15(14)20)17(22)16-12(10-19)8-13-4-2-3-7-21(13)16/h2-9H,10,19-20H2,1H3. The number of carbonyl (C=O) groups is 2. The van der Waals surface area contributed by atoms with E-state index in [0.29, 0.717) is 11.3 Å². The first-order valence-corrected chi connectivity index (χ1v) is 7.38. The molecule has 0 aliphatic carbocycles. The molecule has 1 aromatic carbocycles. The van der Waals surface area contributed by atoms with Crippen molar-refractivity contribution in [1.82, 2.24) is 4.40 Å². The Balaban J connectivity index is 2.15. The zero-order valence-electron chi connectivity index (χ0n) is 13.2. The number of esters is 1. The normalized spacial score (nSPS) is 10.8. The number of anilines is 1. The summed E-state index contributed by atoms with van der Waals surface area (Å²) >= 11 is 0. The van der Waals surface area contributed by atoms with Crippen LogP contribution in [-0.4, -0.2) is 23.3 Å². The number of nitrogens with two attached hydrogens (primary N) is 2. The summed E-state index contributed by atoms with van der Waals surface area (Å²) in [5.41, 5.74) is 14.5. The van der Waals surface area contributed by atoms with Gasteiger partial charge in [0.15, 0.2) is 0 Å². The maximum Gasteiger partial charge on any atom is 0.339 e. The number of nitrogen functional groups attached to an aromatic ring is 1. The second-order valence-corrected chi connectivity index (χ2v) is 5.34. The maximum atomic E-state index is 13.0. The highest BCUT2D eigenvalue weighted by Gasteiger charge is 2.20. The summed E-state index contributed by atoms with van der Waals surface area (Å²) in [5.74, 6) is -0.812. The van der Waals surface area contributed by atoms with Crippen molar-refractivity contribution in [2.45, 2.75) is 6.54 Å². The summed E-state index contributed by atoms with van der Waals surface area (Å²) in [7, 11) is 1.27. The Labute approximate surface area is 138 Å². The molecule has 2 aromatic heterocycles. The average molecular weight is 323 g/mol. The zero-order chi connectivity index (χ0) is 17.3. The van der Waals surface area contributed by atoms with Gasteiger partial charge in [0.1, 0.15) is 0 Å². The minimum Gasteiger partial charge on any atom is -0.465 e. The van der Waals surface area contributed by atoms with Crippen LogP contribution in [-0.2, 0) is 11.3 Å². The van der Waals surface area contributed by atoms with Crippen LogP contribution < -0.4 is 11.5 Å². The van der Waals surface area contributed by atoms with Gasteiger partial charge in [-0.15, -0.1) is 0 Å². The molecule has 0 fully saturated rings. The number of aromatic nitrogens is 1. The lowest BCUT2D eigenvalue weighted by Crippen LogP contribution is -2.12. The number of benzene rings is 1. The predicted molar refractivity (Wildman–Crippen MR) is 90.9 cm³/mol. The number of hydrogen-bond acceptors (Lipinski definition) is 5. The quantitative estimate of drug-likeness (QED) is 0.434. The average Bonchev–Trinajstić information content (AvgIpc) is 2.99. The zero-order valence-corrected chi connectivity index (χ0v) is 13.2. The number of ether oxygens (including phenoxy) is 1. The molecule has 0 radical (unpaired) electrons. The molecule has 2 heterocycles. The third-order valence-electron chi connectivity index (χ3n) is 3.91. The van der Waals surface area contributed by atoms with Crippen LogP contribution in [0, 0.1) is 0 Å². The van der Waals surface area contributed by atoms with Gasteiger partial charge >= 0.3 is 5.97 Å². The van der Waals surface area contributed by atoms with Gasteiger partial charge in [-0.25, -0.2) is 4.79 Å². The first-order valence-electron chi connectivity index (χ1n) is 7.38. The molecular formula is C18H17N3O3. The van der Waals surface area contributed by atoms with Crippen LogP contribution in [0.25, 0.3) is 5.52 Å². The Morgan fingerprint density at radius 3 is 2.67 bits per heavy atom. The lowest BCUT2D eigenvalue weighted by molar-refractivity contribution is 0.0602. The van der Waals surface area contributed by atoms with Crippen molar-refractivity contribution in [3.05, 3.63) is 71.0 Å². The lowest BCUT2D eigenvalue weighted by Gasteiger charge is -2.08. The number of fused-ring (bicyclic) bond motifs is 1. The van der Waals surface area contributed by atoms with Gasteiger partial charge in [0.05, 0.1) is 18.4 Å². The van der Waals surface area contributed by atoms with E-state index < -0.39 is 5.97 Å². The van der Waals surface area contributed by atoms with E-state index in [4.69, 9.17) is 16.2 Å². The first kappa shape index (κ1) is 15.8. The van der Waals surface area contributed by atoms with Crippen molar-refractivity contribution >= 4 is 23.0 Å². The molecule has 0 aliphatic rings. The molecular weight excluding hydrogens is 306 g/mol. The van der Waals surface area contributed by atoms with Crippen molar-refractivity contribution in [1.29, 1.82) is 0 Å². The van der Waals surface area contributed by atoms with E-state index in [-0.39, 0.29) is 23.6 Å². The van der Waals surface area contributed by atoms with Gasteiger partial charge in [-0.2, -0.15) is 0 Å². The van der Waals surface area contributed by atoms with E-state index >= 15 is 0 Å². The monoisotopic (exact) mass is 323 g/mol. The molecule has 0 amide bonds. The summed E-state index contributed by atoms with van der Waals surface area (Å²) in [6, 6.07) is 12.1. The highest BCUT2D eigenvalue weighted by atomic mass is 16.5. The molecule has 3 rings (SSSR count). The van der Waals surface area contributed by atoms with E-state index in [1.807, 2.05) is 24.3 Å². The maximum absolute atomic E-state index is 13.0. The molecule has 3 aromatic rings. The molecule has 122 valence electrons. The fourth-order valence-corrected chi connectivity index (χ4v) is 2.71. The molecule has 0 saturated heterocycles. The minimum absolute atomic E-state index is 0.165. The summed E-state index contributed by atoms with van der Waals surface area (Å²) in [6.45, 7) is 0.238. The summed E-state index contributed by atoms with van der Waals surface area (Å²) in [5, 5.41) is 0. The second kappa shape index (κ2) is 6.17. The van der Waals surface area contributed by atoms with Crippen LogP contribution in [0.15, 0.2) is 48.7 Å².